The number of nitro benzene ring substituents is 1. The third-order valence-corrected chi connectivity index (χ3v) is 6.11. The smallest absolute Gasteiger partial charge is 0.281 e. The van der Waals surface area contributed by atoms with Crippen molar-refractivity contribution < 1.29 is 14.5 Å². The quantitative estimate of drug-likeness (QED) is 0.364. The predicted octanol–water partition coefficient (Wildman–Crippen LogP) is 4.18. The summed E-state index contributed by atoms with van der Waals surface area (Å²) < 4.78 is 6.27. The van der Waals surface area contributed by atoms with Gasteiger partial charge in [-0.1, -0.05) is 0 Å². The second-order valence-electron chi connectivity index (χ2n) is 6.91. The molecule has 1 aromatic heterocycles. The largest absolute Gasteiger partial charge is 0.496 e. The van der Waals surface area contributed by atoms with Gasteiger partial charge in [-0.3, -0.25) is 14.9 Å². The van der Waals surface area contributed by atoms with Gasteiger partial charge in [-0.25, -0.2) is 5.43 Å². The van der Waals surface area contributed by atoms with Gasteiger partial charge in [0.05, 0.1) is 23.1 Å². The maximum atomic E-state index is 12.4. The maximum Gasteiger partial charge on any atom is 0.281 e. The van der Waals surface area contributed by atoms with E-state index in [0.717, 1.165) is 29.0 Å². The highest BCUT2D eigenvalue weighted by molar-refractivity contribution is 7.20. The number of nitrogens with one attached hydrogen (secondary N) is 1. The van der Waals surface area contributed by atoms with Crippen molar-refractivity contribution in [2.75, 3.05) is 25.1 Å². The molecule has 0 saturated carbocycles. The number of ether oxygens (including phenoxy) is 1. The third-order valence-electron chi connectivity index (χ3n) is 4.99. The Hall–Kier alpha value is -3.46. The van der Waals surface area contributed by atoms with Crippen molar-refractivity contribution in [3.8, 4) is 5.75 Å². The molecule has 3 aromatic rings. The van der Waals surface area contributed by atoms with E-state index in [1.165, 1.54) is 36.3 Å². The minimum Gasteiger partial charge on any atom is -0.496 e. The molecule has 2 aromatic carbocycles. The van der Waals surface area contributed by atoms with Crippen molar-refractivity contribution in [3.63, 3.8) is 0 Å². The molecule has 1 fully saturated rings. The Morgan fingerprint density at radius 2 is 2.03 bits per heavy atom. The van der Waals surface area contributed by atoms with Crippen molar-refractivity contribution in [1.82, 2.24) is 5.43 Å². The van der Waals surface area contributed by atoms with E-state index in [0.29, 0.717) is 16.0 Å². The minimum absolute atomic E-state index is 0.00486. The molecule has 0 bridgehead atoms. The van der Waals surface area contributed by atoms with Gasteiger partial charge in [0.1, 0.15) is 5.75 Å². The highest BCUT2D eigenvalue weighted by Gasteiger charge is 2.15. The normalized spacial score (nSPS) is 13.8. The summed E-state index contributed by atoms with van der Waals surface area (Å²) in [5.41, 5.74) is 4.38. The molecule has 1 amide bonds. The number of thiophene rings is 1. The number of hydrogen-bond donors (Lipinski definition) is 1. The number of hydrogen-bond acceptors (Lipinski definition) is 7. The van der Waals surface area contributed by atoms with Crippen LogP contribution >= 0.6 is 11.3 Å². The molecule has 154 valence electrons. The minimum atomic E-state index is -0.455. The molecule has 0 aliphatic carbocycles. The van der Waals surface area contributed by atoms with Crippen LogP contribution in [0.4, 0.5) is 11.4 Å². The van der Waals surface area contributed by atoms with Gasteiger partial charge in [0, 0.05) is 52.6 Å². The number of non-ortho nitro benzene ring substituents is 1. The summed E-state index contributed by atoms with van der Waals surface area (Å²) in [5, 5.41) is 15.6. The number of methoxy groups -OCH3 is 1. The number of hydrazone groups is 1. The first kappa shape index (κ1) is 19.8. The summed E-state index contributed by atoms with van der Waals surface area (Å²) in [6, 6.07) is 12.1. The molecule has 4 rings (SSSR count). The number of carbonyl (C=O) groups is 1. The van der Waals surface area contributed by atoms with Crippen LogP contribution in [-0.2, 0) is 0 Å². The number of benzene rings is 2. The molecule has 1 N–H and O–H groups in total. The molecule has 1 aliphatic rings. The lowest BCUT2D eigenvalue weighted by molar-refractivity contribution is -0.384. The molecule has 9 heteroatoms. The van der Waals surface area contributed by atoms with E-state index in [1.807, 2.05) is 18.2 Å². The predicted molar refractivity (Wildman–Crippen MR) is 118 cm³/mol. The summed E-state index contributed by atoms with van der Waals surface area (Å²) in [5.74, 6) is 0.314. The van der Waals surface area contributed by atoms with Gasteiger partial charge < -0.3 is 9.64 Å². The SMILES string of the molecule is COc1cc(N2CCCC2)ccc1C=NNC(=O)c1cc2cc([N+](=O)[O-])ccc2s1. The second kappa shape index (κ2) is 8.50. The van der Waals surface area contributed by atoms with Crippen molar-refractivity contribution >= 4 is 44.9 Å². The first-order valence-corrected chi connectivity index (χ1v) is 10.3. The Balaban J connectivity index is 1.46. The van der Waals surface area contributed by atoms with E-state index in [1.54, 1.807) is 25.5 Å². The Kier molecular flexibility index (Phi) is 5.62. The van der Waals surface area contributed by atoms with Gasteiger partial charge in [-0.15, -0.1) is 11.3 Å². The Morgan fingerprint density at radius 1 is 1.23 bits per heavy atom. The van der Waals surface area contributed by atoms with Crippen LogP contribution in [0.15, 0.2) is 47.6 Å². The number of amides is 1. The number of carbonyl (C=O) groups excluding carboxylic acids is 1. The standard InChI is InChI=1S/C21H20N4O4S/c1-29-18-12-16(24-8-2-3-9-24)5-4-14(18)13-22-23-21(26)20-11-15-10-17(25(27)28)6-7-19(15)30-20/h4-7,10-13H,2-3,8-9H2,1H3,(H,23,26). The average Bonchev–Trinajstić information content (AvgIpc) is 3.43. The molecule has 2 heterocycles. The lowest BCUT2D eigenvalue weighted by atomic mass is 10.2. The van der Waals surface area contributed by atoms with Crippen LogP contribution in [-0.4, -0.2) is 37.2 Å². The molecule has 0 atom stereocenters. The van der Waals surface area contributed by atoms with E-state index in [9.17, 15) is 14.9 Å². The highest BCUT2D eigenvalue weighted by atomic mass is 32.1. The Morgan fingerprint density at radius 3 is 2.77 bits per heavy atom. The van der Waals surface area contributed by atoms with Gasteiger partial charge in [0.25, 0.3) is 11.6 Å². The molecule has 0 radical (unpaired) electrons. The lowest BCUT2D eigenvalue weighted by Gasteiger charge is -2.18. The van der Waals surface area contributed by atoms with E-state index in [4.69, 9.17) is 4.74 Å². The van der Waals surface area contributed by atoms with Crippen molar-refractivity contribution in [2.24, 2.45) is 5.10 Å². The number of anilines is 1. The van der Waals surface area contributed by atoms with Crippen molar-refractivity contribution in [3.05, 3.63) is 63.0 Å². The molecular formula is C21H20N4O4S. The zero-order chi connectivity index (χ0) is 21.1. The monoisotopic (exact) mass is 424 g/mol. The topological polar surface area (TPSA) is 97.1 Å². The zero-order valence-electron chi connectivity index (χ0n) is 16.3. The third kappa shape index (κ3) is 4.11. The first-order valence-electron chi connectivity index (χ1n) is 9.49. The Bertz CT molecular complexity index is 1140. The van der Waals surface area contributed by atoms with Gasteiger partial charge >= 0.3 is 0 Å². The highest BCUT2D eigenvalue weighted by Crippen LogP contribution is 2.29. The summed E-state index contributed by atoms with van der Waals surface area (Å²) in [6.45, 7) is 2.09. The van der Waals surface area contributed by atoms with Crippen LogP contribution in [0.5, 0.6) is 5.75 Å². The summed E-state index contributed by atoms with van der Waals surface area (Å²) in [4.78, 5) is 25.6. The molecule has 8 nitrogen and oxygen atoms in total. The van der Waals surface area contributed by atoms with Crippen LogP contribution in [0, 0.1) is 10.1 Å². The van der Waals surface area contributed by atoms with Crippen molar-refractivity contribution in [2.45, 2.75) is 12.8 Å². The van der Waals surface area contributed by atoms with Crippen molar-refractivity contribution in [1.29, 1.82) is 0 Å². The van der Waals surface area contributed by atoms with E-state index in [-0.39, 0.29) is 11.6 Å². The number of nitro groups is 1. The fraction of sp³-hybridized carbons (Fsp3) is 0.238. The van der Waals surface area contributed by atoms with Crippen LogP contribution in [0.3, 0.4) is 0 Å². The number of fused-ring (bicyclic) bond motifs is 1. The molecule has 0 spiro atoms. The van der Waals surface area contributed by atoms with E-state index < -0.39 is 4.92 Å². The fourth-order valence-corrected chi connectivity index (χ4v) is 4.38. The molecule has 0 unspecified atom stereocenters. The average molecular weight is 424 g/mol. The van der Waals surface area contributed by atoms with Gasteiger partial charge in [-0.2, -0.15) is 5.10 Å². The molecular weight excluding hydrogens is 404 g/mol. The summed E-state index contributed by atoms with van der Waals surface area (Å²) >= 11 is 1.26. The first-order chi connectivity index (χ1) is 14.5. The molecule has 30 heavy (non-hydrogen) atoms. The lowest BCUT2D eigenvalue weighted by Crippen LogP contribution is -2.18. The van der Waals surface area contributed by atoms with Crippen LogP contribution in [0.1, 0.15) is 28.1 Å². The second-order valence-corrected chi connectivity index (χ2v) is 7.99. The molecule has 1 aliphatic heterocycles. The number of nitrogens with zero attached hydrogens (tertiary/aromatic N) is 3. The zero-order valence-corrected chi connectivity index (χ0v) is 17.1. The van der Waals surface area contributed by atoms with E-state index >= 15 is 0 Å². The van der Waals surface area contributed by atoms with Gasteiger partial charge in [0.15, 0.2) is 0 Å². The summed E-state index contributed by atoms with van der Waals surface area (Å²) in [7, 11) is 1.61. The molecule has 1 saturated heterocycles. The Labute approximate surface area is 176 Å². The van der Waals surface area contributed by atoms with Crippen LogP contribution in [0.25, 0.3) is 10.1 Å². The van der Waals surface area contributed by atoms with Gasteiger partial charge in [-0.05, 0) is 37.1 Å². The fourth-order valence-electron chi connectivity index (χ4n) is 3.45. The maximum absolute atomic E-state index is 12.4. The van der Waals surface area contributed by atoms with Crippen LogP contribution < -0.4 is 15.1 Å². The summed E-state index contributed by atoms with van der Waals surface area (Å²) in [6.07, 6.45) is 3.94. The van der Waals surface area contributed by atoms with Gasteiger partial charge in [0.2, 0.25) is 0 Å². The van der Waals surface area contributed by atoms with E-state index in [2.05, 4.69) is 15.4 Å². The number of rotatable bonds is 6. The van der Waals surface area contributed by atoms with Crippen LogP contribution in [0.2, 0.25) is 0 Å².